The molecule has 8 heteroatoms. The topological polar surface area (TPSA) is 40.5 Å². The number of hydrogen-bond acceptors (Lipinski definition) is 2. The highest BCUT2D eigenvalue weighted by molar-refractivity contribution is 5.02. The Morgan fingerprint density at radius 2 is 1.24 bits per heavy atom. The van der Waals surface area contributed by atoms with Gasteiger partial charge in [-0.2, -0.15) is 26.3 Å². The van der Waals surface area contributed by atoms with Gasteiger partial charge in [0, 0.05) is 5.92 Å². The number of aliphatic hydroxyl groups excluding tert-OH is 1. The normalized spacial score (nSPS) is 28.2. The molecule has 0 aliphatic heterocycles. The van der Waals surface area contributed by atoms with E-state index in [0.29, 0.717) is 6.42 Å². The van der Waals surface area contributed by atoms with Crippen LogP contribution in [0.15, 0.2) is 0 Å². The number of rotatable bonds is 1. The van der Waals surface area contributed by atoms with Crippen molar-refractivity contribution in [2.75, 3.05) is 0 Å². The summed E-state index contributed by atoms with van der Waals surface area (Å²) in [7, 11) is 0. The van der Waals surface area contributed by atoms with E-state index in [9.17, 15) is 31.4 Å². The first-order valence-corrected chi connectivity index (χ1v) is 5.05. The molecule has 2 nitrogen and oxygen atoms in total. The summed E-state index contributed by atoms with van der Waals surface area (Å²) >= 11 is 0. The Bertz CT molecular complexity index is 258. The summed E-state index contributed by atoms with van der Waals surface area (Å²) in [6.07, 6.45) is -13.7. The molecule has 0 bridgehead atoms. The molecule has 1 rings (SSSR count). The number of aliphatic hydroxyl groups is 2. The van der Waals surface area contributed by atoms with Crippen molar-refractivity contribution in [2.45, 2.75) is 49.7 Å². The molecule has 0 aromatic rings. The van der Waals surface area contributed by atoms with Crippen LogP contribution in [0.2, 0.25) is 0 Å². The molecule has 0 heterocycles. The van der Waals surface area contributed by atoms with Crippen LogP contribution in [-0.2, 0) is 0 Å². The molecule has 1 aliphatic carbocycles. The SMILES string of the molecule is OC1CCCCC1C(O)(C(F)(F)F)C(F)(F)F. The van der Waals surface area contributed by atoms with Gasteiger partial charge in [-0.1, -0.05) is 12.8 Å². The Balaban J connectivity index is 3.15. The van der Waals surface area contributed by atoms with E-state index in [1.54, 1.807) is 0 Å². The average Bonchev–Trinajstić information content (AvgIpc) is 2.13. The summed E-state index contributed by atoms with van der Waals surface area (Å²) in [6, 6.07) is 0. The second-order valence-corrected chi connectivity index (χ2v) is 4.22. The highest BCUT2D eigenvalue weighted by Gasteiger charge is 2.74. The van der Waals surface area contributed by atoms with Gasteiger partial charge in [0.05, 0.1) is 6.10 Å². The van der Waals surface area contributed by atoms with E-state index in [-0.39, 0.29) is 12.8 Å². The van der Waals surface area contributed by atoms with Crippen LogP contribution in [0, 0.1) is 5.92 Å². The van der Waals surface area contributed by atoms with Crippen LogP contribution in [0.25, 0.3) is 0 Å². The zero-order valence-electron chi connectivity index (χ0n) is 8.65. The zero-order chi connectivity index (χ0) is 13.5. The smallest absolute Gasteiger partial charge is 0.393 e. The zero-order valence-corrected chi connectivity index (χ0v) is 8.65. The van der Waals surface area contributed by atoms with Gasteiger partial charge in [-0.25, -0.2) is 0 Å². The average molecular weight is 266 g/mol. The predicted octanol–water partition coefficient (Wildman–Crippen LogP) is 2.39. The van der Waals surface area contributed by atoms with E-state index in [1.165, 1.54) is 0 Å². The summed E-state index contributed by atoms with van der Waals surface area (Å²) in [5.41, 5.74) is -4.83. The van der Waals surface area contributed by atoms with Crippen LogP contribution in [0.4, 0.5) is 26.3 Å². The van der Waals surface area contributed by atoms with Crippen LogP contribution >= 0.6 is 0 Å². The monoisotopic (exact) mass is 266 g/mol. The summed E-state index contributed by atoms with van der Waals surface area (Å²) < 4.78 is 74.9. The fourth-order valence-corrected chi connectivity index (χ4v) is 2.18. The van der Waals surface area contributed by atoms with Crippen molar-refractivity contribution in [2.24, 2.45) is 5.92 Å². The van der Waals surface area contributed by atoms with Gasteiger partial charge < -0.3 is 10.2 Å². The van der Waals surface area contributed by atoms with Crippen LogP contribution in [-0.4, -0.2) is 34.3 Å². The minimum absolute atomic E-state index is 0.121. The molecular weight excluding hydrogens is 254 g/mol. The van der Waals surface area contributed by atoms with Crippen molar-refractivity contribution >= 4 is 0 Å². The molecule has 0 spiro atoms. The Hall–Kier alpha value is -0.500. The van der Waals surface area contributed by atoms with E-state index in [4.69, 9.17) is 5.11 Å². The molecule has 2 atom stereocenters. The summed E-state index contributed by atoms with van der Waals surface area (Å²) in [6.45, 7) is 0. The van der Waals surface area contributed by atoms with Crippen molar-refractivity contribution < 1.29 is 36.6 Å². The first-order chi connectivity index (χ1) is 7.52. The molecule has 17 heavy (non-hydrogen) atoms. The van der Waals surface area contributed by atoms with Crippen molar-refractivity contribution in [1.29, 1.82) is 0 Å². The molecule has 1 aliphatic rings. The Kier molecular flexibility index (Phi) is 3.69. The number of alkyl halides is 6. The molecule has 0 aromatic carbocycles. The minimum atomic E-state index is -5.85. The Morgan fingerprint density at radius 3 is 1.59 bits per heavy atom. The maximum atomic E-state index is 12.5. The third-order valence-electron chi connectivity index (χ3n) is 3.13. The fraction of sp³-hybridized carbons (Fsp3) is 1.00. The van der Waals surface area contributed by atoms with Gasteiger partial charge in [-0.05, 0) is 12.8 Å². The molecule has 0 radical (unpaired) electrons. The molecule has 102 valence electrons. The van der Waals surface area contributed by atoms with E-state index >= 15 is 0 Å². The molecule has 1 fully saturated rings. The van der Waals surface area contributed by atoms with Gasteiger partial charge >= 0.3 is 12.4 Å². The van der Waals surface area contributed by atoms with E-state index in [0.717, 1.165) is 0 Å². The van der Waals surface area contributed by atoms with Gasteiger partial charge in [0.2, 0.25) is 0 Å². The molecule has 0 aromatic heterocycles. The molecular formula is C9H12F6O2. The predicted molar refractivity (Wildman–Crippen MR) is 45.0 cm³/mol. The van der Waals surface area contributed by atoms with Gasteiger partial charge in [-0.15, -0.1) is 0 Å². The molecule has 1 saturated carbocycles. The lowest BCUT2D eigenvalue weighted by molar-refractivity contribution is -0.393. The van der Waals surface area contributed by atoms with Crippen molar-refractivity contribution in [3.05, 3.63) is 0 Å². The van der Waals surface area contributed by atoms with Gasteiger partial charge in [-0.3, -0.25) is 0 Å². The standard InChI is InChI=1S/C9H12F6O2/c10-8(11,12)7(17,9(13,14)15)5-3-1-2-4-6(5)16/h5-6,16-17H,1-4H2. The van der Waals surface area contributed by atoms with Crippen molar-refractivity contribution in [1.82, 2.24) is 0 Å². The molecule has 2 N–H and O–H groups in total. The number of hydrogen-bond donors (Lipinski definition) is 2. The van der Waals surface area contributed by atoms with Crippen LogP contribution in [0.5, 0.6) is 0 Å². The highest BCUT2D eigenvalue weighted by atomic mass is 19.4. The van der Waals surface area contributed by atoms with Gasteiger partial charge in [0.15, 0.2) is 0 Å². The van der Waals surface area contributed by atoms with E-state index in [1.807, 2.05) is 0 Å². The maximum absolute atomic E-state index is 12.5. The lowest BCUT2D eigenvalue weighted by atomic mass is 9.74. The largest absolute Gasteiger partial charge is 0.426 e. The van der Waals surface area contributed by atoms with Gasteiger partial charge in [0.1, 0.15) is 0 Å². The van der Waals surface area contributed by atoms with Crippen LogP contribution < -0.4 is 0 Å². The summed E-state index contributed by atoms with van der Waals surface area (Å²) in [5.74, 6) is -2.25. The van der Waals surface area contributed by atoms with Crippen molar-refractivity contribution in [3.63, 3.8) is 0 Å². The van der Waals surface area contributed by atoms with Crippen LogP contribution in [0.1, 0.15) is 25.7 Å². The quantitative estimate of drug-likeness (QED) is 0.715. The minimum Gasteiger partial charge on any atom is -0.393 e. The second-order valence-electron chi connectivity index (χ2n) is 4.22. The first-order valence-electron chi connectivity index (χ1n) is 5.05. The summed E-state index contributed by atoms with van der Waals surface area (Å²) in [5, 5.41) is 18.3. The lowest BCUT2D eigenvalue weighted by Gasteiger charge is -2.42. The molecule has 0 saturated heterocycles. The molecule has 0 amide bonds. The first kappa shape index (κ1) is 14.6. The third kappa shape index (κ3) is 2.37. The van der Waals surface area contributed by atoms with E-state index < -0.39 is 36.4 Å². The van der Waals surface area contributed by atoms with Crippen molar-refractivity contribution in [3.8, 4) is 0 Å². The Morgan fingerprint density at radius 1 is 0.824 bits per heavy atom. The van der Waals surface area contributed by atoms with Gasteiger partial charge in [0.25, 0.3) is 5.60 Å². The molecule has 2 unspecified atom stereocenters. The third-order valence-corrected chi connectivity index (χ3v) is 3.13. The second kappa shape index (κ2) is 4.31. The Labute approximate surface area is 93.2 Å². The summed E-state index contributed by atoms with van der Waals surface area (Å²) in [4.78, 5) is 0. The number of halogens is 6. The van der Waals surface area contributed by atoms with Crippen LogP contribution in [0.3, 0.4) is 0 Å². The maximum Gasteiger partial charge on any atom is 0.426 e. The fourth-order valence-electron chi connectivity index (χ4n) is 2.18. The lowest BCUT2D eigenvalue weighted by Crippen LogP contribution is -2.64. The highest BCUT2D eigenvalue weighted by Crippen LogP contribution is 2.51. The van der Waals surface area contributed by atoms with E-state index in [2.05, 4.69) is 0 Å².